The Morgan fingerprint density at radius 1 is 1.19 bits per heavy atom. The van der Waals surface area contributed by atoms with Crippen molar-refractivity contribution in [1.29, 1.82) is 0 Å². The highest BCUT2D eigenvalue weighted by Gasteiger charge is 2.56. The summed E-state index contributed by atoms with van der Waals surface area (Å²) in [7, 11) is 1.60. The van der Waals surface area contributed by atoms with Crippen molar-refractivity contribution in [2.75, 3.05) is 20.5 Å². The molecule has 21 heavy (non-hydrogen) atoms. The summed E-state index contributed by atoms with van der Waals surface area (Å²) in [6, 6.07) is 10.1. The first-order chi connectivity index (χ1) is 10.1. The smallest absolute Gasteiger partial charge is 0.146 e. The van der Waals surface area contributed by atoms with Crippen LogP contribution in [0, 0.1) is 11.3 Å². The summed E-state index contributed by atoms with van der Waals surface area (Å²) in [5.41, 5.74) is 0.949. The fourth-order valence-electron chi connectivity index (χ4n) is 3.09. The number of methoxy groups -OCH3 is 1. The molecule has 118 valence electrons. The van der Waals surface area contributed by atoms with E-state index in [0.717, 1.165) is 12.0 Å². The third-order valence-electron chi connectivity index (χ3n) is 4.36. The number of hydrogen-bond donors (Lipinski definition) is 1. The Morgan fingerprint density at radius 3 is 2.57 bits per heavy atom. The normalized spacial score (nSPS) is 27.3. The van der Waals surface area contributed by atoms with Crippen LogP contribution in [0.4, 0.5) is 0 Å². The topological polar surface area (TPSA) is 47.9 Å². The Balaban J connectivity index is 1.85. The molecule has 1 aliphatic carbocycles. The Morgan fingerprint density at radius 2 is 1.90 bits per heavy atom. The fraction of sp³-hybridized carbons (Fsp3) is 0.647. The van der Waals surface area contributed by atoms with E-state index < -0.39 is 0 Å². The van der Waals surface area contributed by atoms with Crippen LogP contribution in [-0.2, 0) is 20.8 Å². The first kappa shape index (κ1) is 16.4. The lowest BCUT2D eigenvalue weighted by atomic mass is 9.58. The van der Waals surface area contributed by atoms with Crippen LogP contribution in [0.1, 0.15) is 25.8 Å². The van der Waals surface area contributed by atoms with Gasteiger partial charge < -0.3 is 19.3 Å². The zero-order valence-electron chi connectivity index (χ0n) is 13.1. The standard InChI is InChI=1S/C17H26O4/c1-17(2)15(18)14(9-10-20-12-19-3)16(17)21-11-13-7-5-4-6-8-13/h4-8,14-16,18H,9-12H2,1-3H3/t14-,15+,16+/m0/s1. The van der Waals surface area contributed by atoms with E-state index in [2.05, 4.69) is 26.0 Å². The quantitative estimate of drug-likeness (QED) is 0.591. The summed E-state index contributed by atoms with van der Waals surface area (Å²) in [6.45, 7) is 5.56. The van der Waals surface area contributed by atoms with Gasteiger partial charge in [0, 0.05) is 25.0 Å². The molecule has 0 heterocycles. The third-order valence-corrected chi connectivity index (χ3v) is 4.36. The Labute approximate surface area is 127 Å². The molecule has 1 saturated carbocycles. The van der Waals surface area contributed by atoms with Crippen LogP contribution in [0.15, 0.2) is 30.3 Å². The van der Waals surface area contributed by atoms with Gasteiger partial charge in [0.05, 0.1) is 18.8 Å². The molecule has 2 rings (SSSR count). The minimum atomic E-state index is -0.343. The number of aliphatic hydroxyl groups excluding tert-OH is 1. The lowest BCUT2D eigenvalue weighted by molar-refractivity contribution is -0.233. The van der Waals surface area contributed by atoms with Crippen LogP contribution in [-0.4, -0.2) is 37.8 Å². The molecule has 1 aliphatic rings. The van der Waals surface area contributed by atoms with E-state index in [1.54, 1.807) is 7.11 Å². The van der Waals surface area contributed by atoms with Crippen molar-refractivity contribution in [3.05, 3.63) is 35.9 Å². The molecule has 0 bridgehead atoms. The maximum absolute atomic E-state index is 10.3. The van der Waals surface area contributed by atoms with Crippen LogP contribution >= 0.6 is 0 Å². The van der Waals surface area contributed by atoms with Crippen LogP contribution < -0.4 is 0 Å². The lowest BCUT2D eigenvalue weighted by Gasteiger charge is -2.55. The maximum Gasteiger partial charge on any atom is 0.146 e. The van der Waals surface area contributed by atoms with Gasteiger partial charge in [-0.3, -0.25) is 0 Å². The van der Waals surface area contributed by atoms with Gasteiger partial charge in [-0.05, 0) is 12.0 Å². The van der Waals surface area contributed by atoms with Crippen LogP contribution in [0.3, 0.4) is 0 Å². The van der Waals surface area contributed by atoms with Gasteiger partial charge >= 0.3 is 0 Å². The number of rotatable bonds is 8. The summed E-state index contributed by atoms with van der Waals surface area (Å²) >= 11 is 0. The molecule has 4 nitrogen and oxygen atoms in total. The van der Waals surface area contributed by atoms with E-state index in [1.165, 1.54) is 0 Å². The first-order valence-corrected chi connectivity index (χ1v) is 7.47. The average molecular weight is 294 g/mol. The predicted molar refractivity (Wildman–Crippen MR) is 80.7 cm³/mol. The molecule has 1 aromatic carbocycles. The third kappa shape index (κ3) is 3.83. The molecular formula is C17H26O4. The highest BCUT2D eigenvalue weighted by Crippen LogP contribution is 2.49. The number of aliphatic hydroxyl groups is 1. The molecule has 0 spiro atoms. The number of benzene rings is 1. The first-order valence-electron chi connectivity index (χ1n) is 7.47. The second-order valence-corrected chi connectivity index (χ2v) is 6.25. The van der Waals surface area contributed by atoms with Crippen molar-refractivity contribution >= 4 is 0 Å². The summed E-state index contributed by atoms with van der Waals surface area (Å²) < 4.78 is 16.3. The highest BCUT2D eigenvalue weighted by atomic mass is 16.7. The maximum atomic E-state index is 10.3. The van der Waals surface area contributed by atoms with Gasteiger partial charge in [0.25, 0.3) is 0 Å². The molecule has 0 aliphatic heterocycles. The van der Waals surface area contributed by atoms with Gasteiger partial charge in [0.1, 0.15) is 6.79 Å². The Kier molecular flexibility index (Phi) is 5.76. The zero-order valence-corrected chi connectivity index (χ0v) is 13.1. The second-order valence-electron chi connectivity index (χ2n) is 6.25. The predicted octanol–water partition coefficient (Wildman–Crippen LogP) is 2.60. The minimum absolute atomic E-state index is 0.0545. The lowest BCUT2D eigenvalue weighted by Crippen LogP contribution is -2.62. The Bertz CT molecular complexity index is 418. The molecule has 0 saturated heterocycles. The summed E-state index contributed by atoms with van der Waals surface area (Å²) in [6.07, 6.45) is 0.496. The van der Waals surface area contributed by atoms with Gasteiger partial charge in [-0.2, -0.15) is 0 Å². The summed E-state index contributed by atoms with van der Waals surface area (Å²) in [5.74, 6) is 0.126. The highest BCUT2D eigenvalue weighted by molar-refractivity contribution is 5.14. The van der Waals surface area contributed by atoms with Crippen LogP contribution in [0.2, 0.25) is 0 Å². The molecular weight excluding hydrogens is 268 g/mol. The zero-order chi connectivity index (χ0) is 15.3. The van der Waals surface area contributed by atoms with E-state index in [1.807, 2.05) is 18.2 Å². The SMILES string of the molecule is COCOCC[C@H]1[C@@H](O)C(C)(C)[C@@H]1OCc1ccccc1. The monoisotopic (exact) mass is 294 g/mol. The summed E-state index contributed by atoms with van der Waals surface area (Å²) in [5, 5.41) is 10.3. The van der Waals surface area contributed by atoms with Crippen molar-refractivity contribution in [3.8, 4) is 0 Å². The van der Waals surface area contributed by atoms with E-state index in [4.69, 9.17) is 14.2 Å². The van der Waals surface area contributed by atoms with Gasteiger partial charge in [0.15, 0.2) is 0 Å². The molecule has 1 aromatic rings. The molecule has 0 unspecified atom stereocenters. The average Bonchev–Trinajstić information content (AvgIpc) is 2.50. The van der Waals surface area contributed by atoms with Gasteiger partial charge in [-0.1, -0.05) is 44.2 Å². The molecule has 1 N–H and O–H groups in total. The van der Waals surface area contributed by atoms with E-state index in [-0.39, 0.29) is 23.5 Å². The summed E-state index contributed by atoms with van der Waals surface area (Å²) in [4.78, 5) is 0. The van der Waals surface area contributed by atoms with Gasteiger partial charge in [-0.15, -0.1) is 0 Å². The molecule has 0 radical (unpaired) electrons. The van der Waals surface area contributed by atoms with Crippen molar-refractivity contribution in [1.82, 2.24) is 0 Å². The minimum Gasteiger partial charge on any atom is -0.392 e. The van der Waals surface area contributed by atoms with Gasteiger partial charge in [-0.25, -0.2) is 0 Å². The van der Waals surface area contributed by atoms with Crippen molar-refractivity contribution in [3.63, 3.8) is 0 Å². The number of ether oxygens (including phenoxy) is 3. The largest absolute Gasteiger partial charge is 0.392 e. The van der Waals surface area contributed by atoms with E-state index in [0.29, 0.717) is 20.0 Å². The molecule has 0 amide bonds. The molecule has 4 heteroatoms. The molecule has 0 aromatic heterocycles. The van der Waals surface area contributed by atoms with Crippen molar-refractivity contribution < 1.29 is 19.3 Å². The van der Waals surface area contributed by atoms with Crippen LogP contribution in [0.25, 0.3) is 0 Å². The van der Waals surface area contributed by atoms with E-state index >= 15 is 0 Å². The van der Waals surface area contributed by atoms with Gasteiger partial charge in [0.2, 0.25) is 0 Å². The molecule has 1 fully saturated rings. The number of hydrogen-bond acceptors (Lipinski definition) is 4. The molecule has 3 atom stereocenters. The van der Waals surface area contributed by atoms with Crippen molar-refractivity contribution in [2.45, 2.75) is 39.1 Å². The van der Waals surface area contributed by atoms with Crippen LogP contribution in [0.5, 0.6) is 0 Å². The van der Waals surface area contributed by atoms with Crippen molar-refractivity contribution in [2.24, 2.45) is 11.3 Å². The second kappa shape index (κ2) is 7.36. The van der Waals surface area contributed by atoms with E-state index in [9.17, 15) is 5.11 Å². The Hall–Kier alpha value is -0.940. The fourth-order valence-corrected chi connectivity index (χ4v) is 3.09.